The second kappa shape index (κ2) is 10.1. The van der Waals surface area contributed by atoms with Gasteiger partial charge in [-0.05, 0) is 56.7 Å². The molecule has 0 aliphatic carbocycles. The molecule has 3 aromatic rings. The molecule has 0 fully saturated rings. The van der Waals surface area contributed by atoms with E-state index in [1.807, 2.05) is 42.5 Å². The SMILES string of the molecule is CC(C)(C)OC(=O)NCCN(C(=O)c1cc2c(s1)-c1ccccc1OCC2)c1ccccc1Cl. The summed E-state index contributed by atoms with van der Waals surface area (Å²) in [6.07, 6.45) is 0.193. The van der Waals surface area contributed by atoms with Crippen LogP contribution < -0.4 is 15.0 Å². The van der Waals surface area contributed by atoms with Gasteiger partial charge in [-0.1, -0.05) is 35.9 Å². The molecule has 1 aliphatic rings. The first kappa shape index (κ1) is 24.1. The van der Waals surface area contributed by atoms with Crippen LogP contribution in [0.1, 0.15) is 36.0 Å². The van der Waals surface area contributed by atoms with Crippen molar-refractivity contribution in [2.75, 3.05) is 24.6 Å². The van der Waals surface area contributed by atoms with E-state index >= 15 is 0 Å². The lowest BCUT2D eigenvalue weighted by Gasteiger charge is -2.24. The van der Waals surface area contributed by atoms with Crippen molar-refractivity contribution in [3.63, 3.8) is 0 Å². The van der Waals surface area contributed by atoms with E-state index in [4.69, 9.17) is 21.1 Å². The normalized spacial score (nSPS) is 12.6. The number of nitrogens with one attached hydrogen (secondary N) is 1. The van der Waals surface area contributed by atoms with E-state index in [0.717, 1.165) is 28.2 Å². The molecule has 0 radical (unpaired) electrons. The topological polar surface area (TPSA) is 67.9 Å². The summed E-state index contributed by atoms with van der Waals surface area (Å²) in [6.45, 7) is 6.42. The van der Waals surface area contributed by atoms with Crippen molar-refractivity contribution >= 4 is 40.6 Å². The van der Waals surface area contributed by atoms with Crippen LogP contribution in [-0.2, 0) is 11.2 Å². The summed E-state index contributed by atoms with van der Waals surface area (Å²) in [5.74, 6) is 0.655. The standard InChI is InChI=1S/C26H27ClN2O4S/c1-26(2,3)33-25(31)28-13-14-29(20-10-6-5-9-19(20)27)24(30)22-16-17-12-15-32-21-11-7-4-8-18(21)23(17)34-22/h4-11,16H,12-15H2,1-3H3,(H,28,31). The maximum atomic E-state index is 13.7. The Morgan fingerprint density at radius 2 is 1.88 bits per heavy atom. The lowest BCUT2D eigenvalue weighted by atomic mass is 10.1. The maximum Gasteiger partial charge on any atom is 0.407 e. The summed E-state index contributed by atoms with van der Waals surface area (Å²) >= 11 is 7.90. The Morgan fingerprint density at radius 1 is 1.15 bits per heavy atom. The third-order valence-electron chi connectivity index (χ3n) is 5.17. The zero-order chi connectivity index (χ0) is 24.3. The summed E-state index contributed by atoms with van der Waals surface area (Å²) in [5.41, 5.74) is 2.07. The number of amides is 2. The summed E-state index contributed by atoms with van der Waals surface area (Å²) in [4.78, 5) is 29.1. The van der Waals surface area contributed by atoms with E-state index < -0.39 is 11.7 Å². The summed E-state index contributed by atoms with van der Waals surface area (Å²) < 4.78 is 11.2. The Morgan fingerprint density at radius 3 is 2.65 bits per heavy atom. The highest BCUT2D eigenvalue weighted by Gasteiger charge is 2.26. The van der Waals surface area contributed by atoms with Gasteiger partial charge in [-0.3, -0.25) is 4.79 Å². The minimum Gasteiger partial charge on any atom is -0.493 e. The van der Waals surface area contributed by atoms with Gasteiger partial charge in [0.15, 0.2) is 0 Å². The molecule has 0 atom stereocenters. The molecule has 2 aromatic carbocycles. The summed E-state index contributed by atoms with van der Waals surface area (Å²) in [7, 11) is 0. The van der Waals surface area contributed by atoms with Gasteiger partial charge in [0.1, 0.15) is 11.4 Å². The fourth-order valence-electron chi connectivity index (χ4n) is 3.72. The van der Waals surface area contributed by atoms with Crippen LogP contribution in [0.15, 0.2) is 54.6 Å². The van der Waals surface area contributed by atoms with Crippen molar-refractivity contribution in [2.24, 2.45) is 0 Å². The number of alkyl carbamates (subject to hydrolysis) is 1. The van der Waals surface area contributed by atoms with Gasteiger partial charge in [0.2, 0.25) is 0 Å². The van der Waals surface area contributed by atoms with Crippen molar-refractivity contribution in [1.29, 1.82) is 0 Å². The monoisotopic (exact) mass is 498 g/mol. The minimum atomic E-state index is -0.600. The quantitative estimate of drug-likeness (QED) is 0.456. The molecule has 0 bridgehead atoms. The highest BCUT2D eigenvalue weighted by Crippen LogP contribution is 2.41. The number of carbonyl (C=O) groups excluding carboxylic acids is 2. The molecule has 178 valence electrons. The number of anilines is 1. The highest BCUT2D eigenvalue weighted by atomic mass is 35.5. The van der Waals surface area contributed by atoms with Crippen molar-refractivity contribution in [1.82, 2.24) is 5.32 Å². The van der Waals surface area contributed by atoms with Crippen LogP contribution in [0.3, 0.4) is 0 Å². The molecule has 2 heterocycles. The molecule has 34 heavy (non-hydrogen) atoms. The largest absolute Gasteiger partial charge is 0.493 e. The van der Waals surface area contributed by atoms with Crippen molar-refractivity contribution in [3.8, 4) is 16.2 Å². The molecule has 0 unspecified atom stereocenters. The van der Waals surface area contributed by atoms with E-state index in [-0.39, 0.29) is 19.0 Å². The molecule has 0 spiro atoms. The van der Waals surface area contributed by atoms with Gasteiger partial charge in [-0.15, -0.1) is 11.3 Å². The van der Waals surface area contributed by atoms with Crippen molar-refractivity contribution < 1.29 is 19.1 Å². The number of halogens is 1. The number of para-hydroxylation sites is 2. The van der Waals surface area contributed by atoms with Gasteiger partial charge in [0, 0.05) is 30.0 Å². The molecular formula is C26H27ClN2O4S. The van der Waals surface area contributed by atoms with Crippen LogP contribution in [0.25, 0.3) is 10.4 Å². The predicted octanol–water partition coefficient (Wildman–Crippen LogP) is 6.17. The number of benzene rings is 2. The Kier molecular flexibility index (Phi) is 7.14. The fourth-order valence-corrected chi connectivity index (χ4v) is 5.14. The number of ether oxygens (including phenoxy) is 2. The number of hydrogen-bond acceptors (Lipinski definition) is 5. The third-order valence-corrected chi connectivity index (χ3v) is 6.69. The molecule has 8 heteroatoms. The van der Waals surface area contributed by atoms with Crippen LogP contribution in [-0.4, -0.2) is 37.3 Å². The van der Waals surface area contributed by atoms with E-state index in [1.54, 1.807) is 37.8 Å². The number of nitrogens with zero attached hydrogens (tertiary/aromatic N) is 1. The fraction of sp³-hybridized carbons (Fsp3) is 0.308. The Labute approximate surface area is 208 Å². The first-order valence-electron chi connectivity index (χ1n) is 11.1. The molecule has 1 N–H and O–H groups in total. The average molecular weight is 499 g/mol. The zero-order valence-corrected chi connectivity index (χ0v) is 21.0. The van der Waals surface area contributed by atoms with Gasteiger partial charge in [0.25, 0.3) is 5.91 Å². The molecule has 6 nitrogen and oxygen atoms in total. The van der Waals surface area contributed by atoms with Crippen LogP contribution >= 0.6 is 22.9 Å². The van der Waals surface area contributed by atoms with Crippen LogP contribution in [0.5, 0.6) is 5.75 Å². The Bertz CT molecular complexity index is 1200. The first-order valence-corrected chi connectivity index (χ1v) is 12.3. The highest BCUT2D eigenvalue weighted by molar-refractivity contribution is 7.17. The van der Waals surface area contributed by atoms with Crippen LogP contribution in [0.2, 0.25) is 5.02 Å². The van der Waals surface area contributed by atoms with Gasteiger partial charge in [-0.25, -0.2) is 4.79 Å². The summed E-state index contributed by atoms with van der Waals surface area (Å²) in [6, 6.07) is 17.0. The maximum absolute atomic E-state index is 13.7. The van der Waals surface area contributed by atoms with Crippen LogP contribution in [0.4, 0.5) is 10.5 Å². The zero-order valence-electron chi connectivity index (χ0n) is 19.4. The van der Waals surface area contributed by atoms with Gasteiger partial charge in [0.05, 0.1) is 22.2 Å². The molecule has 4 rings (SSSR count). The number of rotatable bonds is 5. The molecule has 1 aliphatic heterocycles. The number of fused-ring (bicyclic) bond motifs is 3. The molecule has 0 saturated carbocycles. The molecule has 0 saturated heterocycles. The van der Waals surface area contributed by atoms with E-state index in [2.05, 4.69) is 5.32 Å². The van der Waals surface area contributed by atoms with E-state index in [9.17, 15) is 9.59 Å². The average Bonchev–Trinajstić information content (AvgIpc) is 3.12. The number of carbonyl (C=O) groups is 2. The van der Waals surface area contributed by atoms with Crippen molar-refractivity contribution in [3.05, 3.63) is 70.1 Å². The van der Waals surface area contributed by atoms with E-state index in [0.29, 0.717) is 22.2 Å². The van der Waals surface area contributed by atoms with Crippen LogP contribution in [0, 0.1) is 0 Å². The predicted molar refractivity (Wildman–Crippen MR) is 136 cm³/mol. The smallest absolute Gasteiger partial charge is 0.407 e. The molecule has 2 amide bonds. The second-order valence-corrected chi connectivity index (χ2v) is 10.4. The van der Waals surface area contributed by atoms with Gasteiger partial charge < -0.3 is 19.7 Å². The third kappa shape index (κ3) is 5.54. The number of hydrogen-bond donors (Lipinski definition) is 1. The second-order valence-electron chi connectivity index (χ2n) is 8.90. The van der Waals surface area contributed by atoms with Crippen molar-refractivity contribution in [2.45, 2.75) is 32.8 Å². The lowest BCUT2D eigenvalue weighted by molar-refractivity contribution is 0.0528. The minimum absolute atomic E-state index is 0.171. The summed E-state index contributed by atoms with van der Waals surface area (Å²) in [5, 5.41) is 3.19. The van der Waals surface area contributed by atoms with Gasteiger partial charge in [-0.2, -0.15) is 0 Å². The number of thiophene rings is 1. The Hall–Kier alpha value is -3.03. The van der Waals surface area contributed by atoms with E-state index in [1.165, 1.54) is 11.3 Å². The molecular weight excluding hydrogens is 472 g/mol. The first-order chi connectivity index (χ1) is 16.2. The van der Waals surface area contributed by atoms with Gasteiger partial charge >= 0.3 is 6.09 Å². The Balaban J connectivity index is 1.60. The lowest BCUT2D eigenvalue weighted by Crippen LogP contribution is -2.40. The molecule has 1 aromatic heterocycles.